The van der Waals surface area contributed by atoms with Gasteiger partial charge in [0, 0.05) is 17.8 Å². The predicted octanol–water partition coefficient (Wildman–Crippen LogP) is 3.28. The van der Waals surface area contributed by atoms with E-state index in [4.69, 9.17) is 0 Å². The minimum Gasteiger partial charge on any atom is -0.380 e. The fourth-order valence-electron chi connectivity index (χ4n) is 1.45. The number of aryl methyl sites for hydroxylation is 1. The number of rotatable bonds is 3. The average molecular weight is 234 g/mol. The highest BCUT2D eigenvalue weighted by Crippen LogP contribution is 2.12. The monoisotopic (exact) mass is 234 g/mol. The molecule has 0 saturated carbocycles. The van der Waals surface area contributed by atoms with Crippen molar-refractivity contribution in [3.63, 3.8) is 0 Å². The molecule has 1 aromatic heterocycles. The van der Waals surface area contributed by atoms with Crippen molar-refractivity contribution >= 4 is 5.69 Å². The second-order valence-corrected chi connectivity index (χ2v) is 3.78. The molecule has 1 heterocycles. The molecule has 0 spiro atoms. The second kappa shape index (κ2) is 4.91. The Morgan fingerprint density at radius 2 is 2.00 bits per heavy atom. The molecule has 0 aliphatic rings. The molecule has 2 aromatic rings. The fraction of sp³-hybridized carbons (Fsp3) is 0.154. The third-order valence-corrected chi connectivity index (χ3v) is 2.40. The van der Waals surface area contributed by atoms with Crippen LogP contribution in [0.4, 0.5) is 14.5 Å². The number of benzene rings is 1. The van der Waals surface area contributed by atoms with Crippen LogP contribution in [0.2, 0.25) is 0 Å². The SMILES string of the molecule is Cc1ccc(NCc2cc(F)ccc2F)cn1. The molecule has 0 radical (unpaired) electrons. The summed E-state index contributed by atoms with van der Waals surface area (Å²) in [6, 6.07) is 7.11. The lowest BCUT2D eigenvalue weighted by Crippen LogP contribution is -2.02. The van der Waals surface area contributed by atoms with Crippen molar-refractivity contribution in [2.24, 2.45) is 0 Å². The van der Waals surface area contributed by atoms with E-state index in [2.05, 4.69) is 10.3 Å². The minimum atomic E-state index is -0.440. The summed E-state index contributed by atoms with van der Waals surface area (Å²) in [6.45, 7) is 2.12. The Bertz CT molecular complexity index is 509. The summed E-state index contributed by atoms with van der Waals surface area (Å²) in [5.74, 6) is -0.857. The van der Waals surface area contributed by atoms with Crippen molar-refractivity contribution in [3.8, 4) is 0 Å². The van der Waals surface area contributed by atoms with Gasteiger partial charge >= 0.3 is 0 Å². The molecule has 0 aliphatic carbocycles. The zero-order valence-corrected chi connectivity index (χ0v) is 9.37. The normalized spacial score (nSPS) is 10.3. The first-order valence-electron chi connectivity index (χ1n) is 5.25. The lowest BCUT2D eigenvalue weighted by atomic mass is 10.2. The van der Waals surface area contributed by atoms with E-state index < -0.39 is 11.6 Å². The van der Waals surface area contributed by atoms with E-state index >= 15 is 0 Å². The Hall–Kier alpha value is -1.97. The summed E-state index contributed by atoms with van der Waals surface area (Å²) in [7, 11) is 0. The molecule has 0 aliphatic heterocycles. The van der Waals surface area contributed by atoms with E-state index in [1.165, 1.54) is 6.07 Å². The number of pyridine rings is 1. The standard InChI is InChI=1S/C13H12F2N2/c1-9-2-4-12(8-16-9)17-7-10-6-11(14)3-5-13(10)15/h2-6,8,17H,7H2,1H3. The van der Waals surface area contributed by atoms with Gasteiger partial charge in [0.05, 0.1) is 11.9 Å². The van der Waals surface area contributed by atoms with Gasteiger partial charge in [0.1, 0.15) is 11.6 Å². The van der Waals surface area contributed by atoms with E-state index in [1.54, 1.807) is 6.20 Å². The van der Waals surface area contributed by atoms with E-state index in [9.17, 15) is 8.78 Å². The molecule has 1 aromatic carbocycles. The fourth-order valence-corrected chi connectivity index (χ4v) is 1.45. The molecule has 0 unspecified atom stereocenters. The topological polar surface area (TPSA) is 24.9 Å². The van der Waals surface area contributed by atoms with Crippen molar-refractivity contribution in [1.29, 1.82) is 0 Å². The van der Waals surface area contributed by atoms with E-state index in [0.717, 1.165) is 23.5 Å². The van der Waals surface area contributed by atoms with Crippen LogP contribution in [0.15, 0.2) is 36.5 Å². The summed E-state index contributed by atoms with van der Waals surface area (Å²) in [5, 5.41) is 2.99. The Balaban J connectivity index is 2.07. The lowest BCUT2D eigenvalue weighted by molar-refractivity contribution is 0.587. The molecule has 0 bridgehead atoms. The maximum Gasteiger partial charge on any atom is 0.128 e. The summed E-state index contributed by atoms with van der Waals surface area (Å²) in [5.41, 5.74) is 1.98. The van der Waals surface area contributed by atoms with Crippen molar-refractivity contribution in [3.05, 3.63) is 59.4 Å². The molecular formula is C13H12F2N2. The third kappa shape index (κ3) is 3.00. The van der Waals surface area contributed by atoms with Gasteiger partial charge in [0.15, 0.2) is 0 Å². The van der Waals surface area contributed by atoms with E-state index in [1.807, 2.05) is 19.1 Å². The Morgan fingerprint density at radius 3 is 2.71 bits per heavy atom. The molecule has 17 heavy (non-hydrogen) atoms. The molecule has 88 valence electrons. The van der Waals surface area contributed by atoms with Gasteiger partial charge in [0.25, 0.3) is 0 Å². The van der Waals surface area contributed by atoms with Gasteiger partial charge in [-0.25, -0.2) is 8.78 Å². The number of nitrogens with zero attached hydrogens (tertiary/aromatic N) is 1. The number of nitrogens with one attached hydrogen (secondary N) is 1. The summed E-state index contributed by atoms with van der Waals surface area (Å²) >= 11 is 0. The van der Waals surface area contributed by atoms with Crippen LogP contribution in [0.1, 0.15) is 11.3 Å². The molecule has 4 heteroatoms. The largest absolute Gasteiger partial charge is 0.380 e. The Morgan fingerprint density at radius 1 is 1.18 bits per heavy atom. The van der Waals surface area contributed by atoms with Gasteiger partial charge < -0.3 is 5.32 Å². The van der Waals surface area contributed by atoms with Crippen molar-refractivity contribution < 1.29 is 8.78 Å². The smallest absolute Gasteiger partial charge is 0.128 e. The van der Waals surface area contributed by atoms with Crippen LogP contribution in [0.25, 0.3) is 0 Å². The zero-order chi connectivity index (χ0) is 12.3. The molecular weight excluding hydrogens is 222 g/mol. The van der Waals surface area contributed by atoms with Gasteiger partial charge in [0.2, 0.25) is 0 Å². The second-order valence-electron chi connectivity index (χ2n) is 3.78. The highest BCUT2D eigenvalue weighted by molar-refractivity contribution is 5.41. The third-order valence-electron chi connectivity index (χ3n) is 2.40. The van der Waals surface area contributed by atoms with Crippen LogP contribution >= 0.6 is 0 Å². The maximum atomic E-state index is 13.3. The van der Waals surface area contributed by atoms with Crippen LogP contribution in [0.3, 0.4) is 0 Å². The quantitative estimate of drug-likeness (QED) is 0.881. The first-order chi connectivity index (χ1) is 8.15. The highest BCUT2D eigenvalue weighted by Gasteiger charge is 2.03. The molecule has 0 fully saturated rings. The molecule has 0 amide bonds. The van der Waals surface area contributed by atoms with Crippen molar-refractivity contribution in [2.45, 2.75) is 13.5 Å². The summed E-state index contributed by atoms with van der Waals surface area (Å²) in [4.78, 5) is 4.10. The first kappa shape index (κ1) is 11.5. The van der Waals surface area contributed by atoms with Gasteiger partial charge in [-0.2, -0.15) is 0 Å². The van der Waals surface area contributed by atoms with E-state index in [0.29, 0.717) is 5.56 Å². The van der Waals surface area contributed by atoms with Gasteiger partial charge in [-0.1, -0.05) is 0 Å². The zero-order valence-electron chi connectivity index (χ0n) is 9.37. The number of halogens is 2. The molecule has 0 atom stereocenters. The number of anilines is 1. The predicted molar refractivity (Wildman–Crippen MR) is 62.7 cm³/mol. The number of hydrogen-bond donors (Lipinski definition) is 1. The van der Waals surface area contributed by atoms with Crippen LogP contribution in [0, 0.1) is 18.6 Å². The van der Waals surface area contributed by atoms with Crippen LogP contribution in [0.5, 0.6) is 0 Å². The first-order valence-corrected chi connectivity index (χ1v) is 5.25. The lowest BCUT2D eigenvalue weighted by Gasteiger charge is -2.07. The highest BCUT2D eigenvalue weighted by atomic mass is 19.1. The van der Waals surface area contributed by atoms with Gasteiger partial charge in [-0.3, -0.25) is 4.98 Å². The molecule has 2 nitrogen and oxygen atoms in total. The van der Waals surface area contributed by atoms with Crippen LogP contribution < -0.4 is 5.32 Å². The van der Waals surface area contributed by atoms with E-state index in [-0.39, 0.29) is 6.54 Å². The van der Waals surface area contributed by atoms with Crippen molar-refractivity contribution in [2.75, 3.05) is 5.32 Å². The Kier molecular flexibility index (Phi) is 3.32. The summed E-state index contributed by atoms with van der Waals surface area (Å²) in [6.07, 6.45) is 1.66. The van der Waals surface area contributed by atoms with Gasteiger partial charge in [-0.15, -0.1) is 0 Å². The average Bonchev–Trinajstić information content (AvgIpc) is 2.32. The van der Waals surface area contributed by atoms with Crippen LogP contribution in [-0.2, 0) is 6.54 Å². The minimum absolute atomic E-state index is 0.230. The number of hydrogen-bond acceptors (Lipinski definition) is 2. The van der Waals surface area contributed by atoms with Crippen LogP contribution in [-0.4, -0.2) is 4.98 Å². The Labute approximate surface area is 98.3 Å². The molecule has 2 rings (SSSR count). The van der Waals surface area contributed by atoms with Gasteiger partial charge in [-0.05, 0) is 37.3 Å². The van der Waals surface area contributed by atoms with Crippen molar-refractivity contribution in [1.82, 2.24) is 4.98 Å². The molecule has 0 saturated heterocycles. The molecule has 1 N–H and O–H groups in total. The number of aromatic nitrogens is 1. The summed E-state index contributed by atoms with van der Waals surface area (Å²) < 4.78 is 26.2. The maximum absolute atomic E-state index is 13.3.